The highest BCUT2D eigenvalue weighted by molar-refractivity contribution is 5.76. The summed E-state index contributed by atoms with van der Waals surface area (Å²) in [6.07, 6.45) is 8.12. The van der Waals surface area contributed by atoms with Gasteiger partial charge in [-0.2, -0.15) is 0 Å². The van der Waals surface area contributed by atoms with E-state index in [4.69, 9.17) is 5.11 Å². The van der Waals surface area contributed by atoms with Gasteiger partial charge in [0.15, 0.2) is 0 Å². The highest BCUT2D eigenvalue weighted by Gasteiger charge is 2.29. The van der Waals surface area contributed by atoms with Crippen molar-refractivity contribution in [3.63, 3.8) is 0 Å². The van der Waals surface area contributed by atoms with Crippen molar-refractivity contribution < 1.29 is 14.7 Å². The topological polar surface area (TPSA) is 69.6 Å². The lowest BCUT2D eigenvalue weighted by atomic mass is 9.99. The number of unbranched alkanes of at least 4 members (excludes halogenated alkanes) is 1. The number of carbonyl (C=O) groups excluding carboxylic acids is 1. The van der Waals surface area contributed by atoms with Gasteiger partial charge in [0.25, 0.3) is 0 Å². The maximum absolute atomic E-state index is 12.5. The molecule has 5 heteroatoms. The number of nitrogens with zero attached hydrogens (tertiary/aromatic N) is 1. The number of hydrogen-bond donors (Lipinski definition) is 2. The van der Waals surface area contributed by atoms with Crippen LogP contribution in [0.1, 0.15) is 71.6 Å². The standard InChI is InChI=1S/C16H30N2O3/c1-3-5-9-13(8-4-2)17-16(21)18-11-7-6-10-14(18)12-15(19)20/h13-14H,3-12H2,1-2H3,(H,17,21)(H,19,20). The Morgan fingerprint density at radius 3 is 2.62 bits per heavy atom. The van der Waals surface area contributed by atoms with E-state index in [1.807, 2.05) is 0 Å². The SMILES string of the molecule is CCCCC(CCC)NC(=O)N1CCCCC1CC(=O)O. The van der Waals surface area contributed by atoms with Crippen LogP contribution >= 0.6 is 0 Å². The van der Waals surface area contributed by atoms with Crippen LogP contribution in [-0.2, 0) is 4.79 Å². The first kappa shape index (κ1) is 17.8. The van der Waals surface area contributed by atoms with Crippen molar-refractivity contribution in [1.29, 1.82) is 0 Å². The molecule has 0 aliphatic carbocycles. The Hall–Kier alpha value is -1.26. The Bertz CT molecular complexity index is 333. The second kappa shape index (κ2) is 9.64. The first-order valence-corrected chi connectivity index (χ1v) is 8.37. The number of aliphatic carboxylic acids is 1. The minimum atomic E-state index is -0.823. The van der Waals surface area contributed by atoms with Gasteiger partial charge in [0, 0.05) is 18.6 Å². The summed E-state index contributed by atoms with van der Waals surface area (Å²) in [6, 6.07) is -0.00457. The molecule has 1 rings (SSSR count). The van der Waals surface area contributed by atoms with E-state index >= 15 is 0 Å². The van der Waals surface area contributed by atoms with Gasteiger partial charge < -0.3 is 15.3 Å². The molecule has 0 aromatic carbocycles. The zero-order valence-electron chi connectivity index (χ0n) is 13.4. The molecule has 2 unspecified atom stereocenters. The number of carbonyl (C=O) groups is 2. The number of rotatable bonds is 8. The minimum Gasteiger partial charge on any atom is -0.481 e. The molecule has 0 saturated carbocycles. The van der Waals surface area contributed by atoms with Gasteiger partial charge in [0.1, 0.15) is 0 Å². The Morgan fingerprint density at radius 2 is 2.00 bits per heavy atom. The number of carboxylic acids is 1. The summed E-state index contributed by atoms with van der Waals surface area (Å²) in [4.78, 5) is 25.1. The first-order chi connectivity index (χ1) is 10.1. The van der Waals surface area contributed by atoms with Gasteiger partial charge in [0.05, 0.1) is 6.42 Å². The molecule has 1 aliphatic rings. The molecule has 1 fully saturated rings. The number of likely N-dealkylation sites (tertiary alicyclic amines) is 1. The second-order valence-electron chi connectivity index (χ2n) is 6.02. The van der Waals surface area contributed by atoms with Gasteiger partial charge in [-0.25, -0.2) is 4.79 Å². The summed E-state index contributed by atoms with van der Waals surface area (Å²) < 4.78 is 0. The molecule has 0 bridgehead atoms. The number of piperidine rings is 1. The van der Waals surface area contributed by atoms with Crippen LogP contribution in [0.25, 0.3) is 0 Å². The molecular formula is C16H30N2O3. The van der Waals surface area contributed by atoms with Gasteiger partial charge in [-0.05, 0) is 32.1 Å². The molecule has 2 N–H and O–H groups in total. The third-order valence-electron chi connectivity index (χ3n) is 4.17. The smallest absolute Gasteiger partial charge is 0.317 e. The Balaban J connectivity index is 2.58. The molecule has 5 nitrogen and oxygen atoms in total. The monoisotopic (exact) mass is 298 g/mol. The quantitative estimate of drug-likeness (QED) is 0.721. The van der Waals surface area contributed by atoms with E-state index in [0.29, 0.717) is 6.54 Å². The predicted molar refractivity (Wildman–Crippen MR) is 83.4 cm³/mol. The molecule has 0 spiro atoms. The fourth-order valence-electron chi connectivity index (χ4n) is 3.03. The molecule has 1 saturated heterocycles. The van der Waals surface area contributed by atoms with Crippen molar-refractivity contribution in [3.05, 3.63) is 0 Å². The zero-order chi connectivity index (χ0) is 15.7. The maximum atomic E-state index is 12.5. The van der Waals surface area contributed by atoms with Crippen LogP contribution in [0.3, 0.4) is 0 Å². The molecular weight excluding hydrogens is 268 g/mol. The lowest BCUT2D eigenvalue weighted by molar-refractivity contribution is -0.138. The lowest BCUT2D eigenvalue weighted by Gasteiger charge is -2.36. The van der Waals surface area contributed by atoms with E-state index in [1.165, 1.54) is 0 Å². The summed E-state index contributed by atoms with van der Waals surface area (Å²) >= 11 is 0. The van der Waals surface area contributed by atoms with Crippen LogP contribution in [0, 0.1) is 0 Å². The van der Waals surface area contributed by atoms with Gasteiger partial charge in [-0.3, -0.25) is 4.79 Å². The van der Waals surface area contributed by atoms with Gasteiger partial charge in [0.2, 0.25) is 0 Å². The fraction of sp³-hybridized carbons (Fsp3) is 0.875. The van der Waals surface area contributed by atoms with Crippen LogP contribution < -0.4 is 5.32 Å². The maximum Gasteiger partial charge on any atom is 0.317 e. The van der Waals surface area contributed by atoms with E-state index in [-0.39, 0.29) is 24.5 Å². The molecule has 0 aromatic heterocycles. The van der Waals surface area contributed by atoms with Crippen LogP contribution in [0.2, 0.25) is 0 Å². The third-order valence-corrected chi connectivity index (χ3v) is 4.17. The zero-order valence-corrected chi connectivity index (χ0v) is 13.4. The highest BCUT2D eigenvalue weighted by Crippen LogP contribution is 2.20. The first-order valence-electron chi connectivity index (χ1n) is 8.37. The van der Waals surface area contributed by atoms with Gasteiger partial charge in [-0.15, -0.1) is 0 Å². The third kappa shape index (κ3) is 6.36. The van der Waals surface area contributed by atoms with E-state index in [1.54, 1.807) is 4.90 Å². The van der Waals surface area contributed by atoms with Crippen molar-refractivity contribution in [2.24, 2.45) is 0 Å². The molecule has 0 radical (unpaired) electrons. The van der Waals surface area contributed by atoms with Gasteiger partial charge in [-0.1, -0.05) is 33.1 Å². The average Bonchev–Trinajstić information content (AvgIpc) is 2.44. The molecule has 21 heavy (non-hydrogen) atoms. The van der Waals surface area contributed by atoms with Crippen LogP contribution in [0.5, 0.6) is 0 Å². The van der Waals surface area contributed by atoms with Crippen molar-refractivity contribution in [2.45, 2.75) is 83.7 Å². The molecule has 1 aliphatic heterocycles. The fourth-order valence-corrected chi connectivity index (χ4v) is 3.03. The number of urea groups is 1. The Morgan fingerprint density at radius 1 is 1.24 bits per heavy atom. The van der Waals surface area contributed by atoms with Crippen LogP contribution in [0.4, 0.5) is 4.79 Å². The van der Waals surface area contributed by atoms with Crippen molar-refractivity contribution in [2.75, 3.05) is 6.54 Å². The lowest BCUT2D eigenvalue weighted by Crippen LogP contribution is -2.51. The number of amides is 2. The molecule has 122 valence electrons. The normalized spacial score (nSPS) is 20.1. The largest absolute Gasteiger partial charge is 0.481 e. The number of nitrogens with one attached hydrogen (secondary N) is 1. The molecule has 0 aromatic rings. The van der Waals surface area contributed by atoms with E-state index in [2.05, 4.69) is 19.2 Å². The highest BCUT2D eigenvalue weighted by atomic mass is 16.4. The van der Waals surface area contributed by atoms with Crippen LogP contribution in [-0.4, -0.2) is 40.6 Å². The van der Waals surface area contributed by atoms with Crippen molar-refractivity contribution >= 4 is 12.0 Å². The second-order valence-corrected chi connectivity index (χ2v) is 6.02. The number of hydrogen-bond acceptors (Lipinski definition) is 2. The van der Waals surface area contributed by atoms with E-state index in [0.717, 1.165) is 51.4 Å². The summed E-state index contributed by atoms with van der Waals surface area (Å²) in [5, 5.41) is 12.1. The summed E-state index contributed by atoms with van der Waals surface area (Å²) in [7, 11) is 0. The molecule has 2 amide bonds. The van der Waals surface area contributed by atoms with Gasteiger partial charge >= 0.3 is 12.0 Å². The summed E-state index contributed by atoms with van der Waals surface area (Å²) in [5.74, 6) is -0.823. The summed E-state index contributed by atoms with van der Waals surface area (Å²) in [6.45, 7) is 4.95. The minimum absolute atomic E-state index is 0.0564. The Kier molecular flexibility index (Phi) is 8.16. The summed E-state index contributed by atoms with van der Waals surface area (Å²) in [5.41, 5.74) is 0. The van der Waals surface area contributed by atoms with E-state index < -0.39 is 5.97 Å². The predicted octanol–water partition coefficient (Wildman–Crippen LogP) is 3.38. The van der Waals surface area contributed by atoms with E-state index in [9.17, 15) is 9.59 Å². The Labute approximate surface area is 128 Å². The van der Waals surface area contributed by atoms with Crippen LogP contribution in [0.15, 0.2) is 0 Å². The number of carboxylic acid groups (broad SMARTS) is 1. The molecule has 1 heterocycles. The van der Waals surface area contributed by atoms with Crippen molar-refractivity contribution in [3.8, 4) is 0 Å². The average molecular weight is 298 g/mol. The molecule has 2 atom stereocenters. The van der Waals surface area contributed by atoms with Crippen molar-refractivity contribution in [1.82, 2.24) is 10.2 Å².